The number of aromatic amines is 1. The maximum absolute atomic E-state index is 13.6. The molecule has 2 aromatic heterocycles. The first-order chi connectivity index (χ1) is 17.0. The number of rotatable bonds is 10. The molecule has 2 heterocycles. The number of carbonyl (C=O) groups excluding carboxylic acids is 1. The molecule has 0 spiro atoms. The first kappa shape index (κ1) is 24.6. The number of thioether (sulfide) groups is 1. The summed E-state index contributed by atoms with van der Waals surface area (Å²) in [5.41, 5.74) is 3.26. The molecule has 0 unspecified atom stereocenters. The molecule has 1 amide bonds. The maximum atomic E-state index is 13.6. The van der Waals surface area contributed by atoms with Gasteiger partial charge >= 0.3 is 0 Å². The Labute approximate surface area is 208 Å². The fourth-order valence-corrected chi connectivity index (χ4v) is 4.58. The number of amides is 1. The van der Waals surface area contributed by atoms with Crippen LogP contribution in [0.4, 0.5) is 0 Å². The van der Waals surface area contributed by atoms with Crippen molar-refractivity contribution in [3.8, 4) is 22.6 Å². The third-order valence-electron chi connectivity index (χ3n) is 5.54. The summed E-state index contributed by atoms with van der Waals surface area (Å²) in [4.78, 5) is 34.1. The highest BCUT2D eigenvalue weighted by molar-refractivity contribution is 7.99. The lowest BCUT2D eigenvalue weighted by atomic mass is 10.1. The molecule has 0 fully saturated rings. The molecule has 0 saturated heterocycles. The summed E-state index contributed by atoms with van der Waals surface area (Å²) in [6.45, 7) is 7.36. The Morgan fingerprint density at radius 3 is 2.57 bits per heavy atom. The Bertz CT molecular complexity index is 1340. The van der Waals surface area contributed by atoms with Gasteiger partial charge in [-0.05, 0) is 49.1 Å². The molecule has 0 saturated carbocycles. The van der Waals surface area contributed by atoms with Crippen LogP contribution in [0.15, 0.2) is 70.7 Å². The molecule has 0 bridgehead atoms. The summed E-state index contributed by atoms with van der Waals surface area (Å²) in [5, 5.41) is 3.41. The van der Waals surface area contributed by atoms with Gasteiger partial charge < -0.3 is 15.0 Å². The summed E-state index contributed by atoms with van der Waals surface area (Å²) in [6.07, 6.45) is 2.73. The van der Waals surface area contributed by atoms with Gasteiger partial charge in [0.15, 0.2) is 5.16 Å². The highest BCUT2D eigenvalue weighted by Gasteiger charge is 2.19. The quantitative estimate of drug-likeness (QED) is 0.240. The molecule has 8 heteroatoms. The molecule has 0 radical (unpaired) electrons. The van der Waals surface area contributed by atoms with Crippen LogP contribution in [0.2, 0.25) is 0 Å². The number of hydrogen-bond donors (Lipinski definition) is 2. The lowest BCUT2D eigenvalue weighted by molar-refractivity contribution is -0.118. The number of carbonyl (C=O) groups is 1. The number of ether oxygens (including phenoxy) is 1. The van der Waals surface area contributed by atoms with Crippen molar-refractivity contribution in [1.82, 2.24) is 19.9 Å². The van der Waals surface area contributed by atoms with Crippen LogP contribution in [0.1, 0.15) is 27.2 Å². The number of benzene rings is 2. The Hall–Kier alpha value is -3.52. The molecule has 4 aromatic rings. The van der Waals surface area contributed by atoms with E-state index in [0.29, 0.717) is 40.9 Å². The van der Waals surface area contributed by atoms with E-state index in [2.05, 4.69) is 24.1 Å². The Balaban J connectivity index is 1.73. The lowest BCUT2D eigenvalue weighted by Crippen LogP contribution is -2.28. The van der Waals surface area contributed by atoms with Crippen LogP contribution in [0.25, 0.3) is 27.8 Å². The molecule has 2 N–H and O–H groups in total. The normalized spacial score (nSPS) is 11.2. The van der Waals surface area contributed by atoms with Gasteiger partial charge in [-0.1, -0.05) is 55.9 Å². The van der Waals surface area contributed by atoms with Gasteiger partial charge in [0.2, 0.25) is 5.91 Å². The predicted octanol–water partition coefficient (Wildman–Crippen LogP) is 5.03. The van der Waals surface area contributed by atoms with Gasteiger partial charge in [-0.3, -0.25) is 14.2 Å². The number of fused-ring (bicyclic) bond motifs is 1. The van der Waals surface area contributed by atoms with E-state index in [-0.39, 0.29) is 17.2 Å². The minimum atomic E-state index is -0.218. The van der Waals surface area contributed by atoms with Crippen LogP contribution < -0.4 is 15.6 Å². The van der Waals surface area contributed by atoms with Crippen molar-refractivity contribution in [2.75, 3.05) is 18.9 Å². The van der Waals surface area contributed by atoms with Gasteiger partial charge in [-0.2, -0.15) is 0 Å². The van der Waals surface area contributed by atoms with Gasteiger partial charge in [0.1, 0.15) is 16.8 Å². The molecular formula is C27H30N4O3S. The summed E-state index contributed by atoms with van der Waals surface area (Å²) >= 11 is 1.25. The van der Waals surface area contributed by atoms with E-state index < -0.39 is 0 Å². The summed E-state index contributed by atoms with van der Waals surface area (Å²) < 4.78 is 7.10. The van der Waals surface area contributed by atoms with Crippen molar-refractivity contribution in [1.29, 1.82) is 0 Å². The molecule has 0 atom stereocenters. The number of H-pyrrole nitrogens is 1. The zero-order valence-electron chi connectivity index (χ0n) is 20.2. The molecule has 0 aliphatic heterocycles. The smallest absolute Gasteiger partial charge is 0.283 e. The average molecular weight is 491 g/mol. The van der Waals surface area contributed by atoms with E-state index in [1.807, 2.05) is 67.7 Å². The zero-order chi connectivity index (χ0) is 24.8. The summed E-state index contributed by atoms with van der Waals surface area (Å²) in [6, 6.07) is 17.1. The van der Waals surface area contributed by atoms with Gasteiger partial charge in [-0.25, -0.2) is 4.98 Å². The zero-order valence-corrected chi connectivity index (χ0v) is 21.0. The molecule has 35 heavy (non-hydrogen) atoms. The molecule has 7 nitrogen and oxygen atoms in total. The Kier molecular flexibility index (Phi) is 7.92. The number of nitrogens with one attached hydrogen (secondary N) is 2. The van der Waals surface area contributed by atoms with Gasteiger partial charge in [0, 0.05) is 18.3 Å². The van der Waals surface area contributed by atoms with Crippen LogP contribution >= 0.6 is 11.8 Å². The fourth-order valence-electron chi connectivity index (χ4n) is 3.74. The molecule has 0 aliphatic carbocycles. The van der Waals surface area contributed by atoms with Crippen molar-refractivity contribution < 1.29 is 9.53 Å². The van der Waals surface area contributed by atoms with Gasteiger partial charge in [0.05, 0.1) is 18.0 Å². The van der Waals surface area contributed by atoms with Crippen LogP contribution in [0.3, 0.4) is 0 Å². The lowest BCUT2D eigenvalue weighted by Gasteiger charge is -2.13. The molecule has 2 aromatic carbocycles. The second-order valence-electron chi connectivity index (χ2n) is 8.57. The van der Waals surface area contributed by atoms with Gasteiger partial charge in [0.25, 0.3) is 5.56 Å². The summed E-state index contributed by atoms with van der Waals surface area (Å²) in [5.74, 6) is 1.32. The Morgan fingerprint density at radius 1 is 1.14 bits per heavy atom. The predicted molar refractivity (Wildman–Crippen MR) is 141 cm³/mol. The Morgan fingerprint density at radius 2 is 1.89 bits per heavy atom. The van der Waals surface area contributed by atoms with Crippen LogP contribution in [0.5, 0.6) is 5.75 Å². The first-order valence-corrected chi connectivity index (χ1v) is 12.8. The van der Waals surface area contributed by atoms with Crippen molar-refractivity contribution >= 4 is 28.7 Å². The van der Waals surface area contributed by atoms with Crippen LogP contribution in [-0.2, 0) is 4.79 Å². The van der Waals surface area contributed by atoms with Crippen molar-refractivity contribution in [3.05, 3.63) is 71.1 Å². The van der Waals surface area contributed by atoms with E-state index in [1.54, 1.807) is 4.57 Å². The van der Waals surface area contributed by atoms with Crippen molar-refractivity contribution in [3.63, 3.8) is 0 Å². The van der Waals surface area contributed by atoms with Gasteiger partial charge in [-0.15, -0.1) is 0 Å². The molecular weight excluding hydrogens is 460 g/mol. The number of nitrogens with zero attached hydrogens (tertiary/aromatic N) is 2. The third kappa shape index (κ3) is 5.77. The monoisotopic (exact) mass is 490 g/mol. The second kappa shape index (κ2) is 11.3. The van der Waals surface area contributed by atoms with E-state index in [9.17, 15) is 9.59 Å². The number of aromatic nitrogens is 3. The second-order valence-corrected chi connectivity index (χ2v) is 9.52. The standard InChI is InChI=1S/C27H30N4O3S/c1-4-34-21-12-10-20(11-13-21)31-26(33)25-24(22(16-29-25)19-8-6-5-7-9-19)30-27(31)35-17-23(32)28-15-14-18(2)3/h5-13,16,18,29H,4,14-15,17H2,1-3H3,(H,28,32). The number of hydrogen-bond acceptors (Lipinski definition) is 5. The molecule has 0 aliphatic rings. The average Bonchev–Trinajstić information content (AvgIpc) is 3.28. The summed E-state index contributed by atoms with van der Waals surface area (Å²) in [7, 11) is 0. The molecule has 182 valence electrons. The first-order valence-electron chi connectivity index (χ1n) is 11.8. The van der Waals surface area contributed by atoms with Crippen LogP contribution in [0, 0.1) is 5.92 Å². The fraction of sp³-hybridized carbons (Fsp3) is 0.296. The van der Waals surface area contributed by atoms with Crippen LogP contribution in [-0.4, -0.2) is 39.3 Å². The van der Waals surface area contributed by atoms with E-state index >= 15 is 0 Å². The highest BCUT2D eigenvalue weighted by Crippen LogP contribution is 2.29. The maximum Gasteiger partial charge on any atom is 0.283 e. The van der Waals surface area contributed by atoms with E-state index in [4.69, 9.17) is 9.72 Å². The van der Waals surface area contributed by atoms with E-state index in [0.717, 1.165) is 23.3 Å². The topological polar surface area (TPSA) is 89.0 Å². The van der Waals surface area contributed by atoms with Crippen molar-refractivity contribution in [2.24, 2.45) is 5.92 Å². The third-order valence-corrected chi connectivity index (χ3v) is 6.47. The highest BCUT2D eigenvalue weighted by atomic mass is 32.2. The van der Waals surface area contributed by atoms with E-state index in [1.165, 1.54) is 11.8 Å². The largest absolute Gasteiger partial charge is 0.494 e. The van der Waals surface area contributed by atoms with Crippen molar-refractivity contribution in [2.45, 2.75) is 32.3 Å². The minimum Gasteiger partial charge on any atom is -0.494 e. The molecule has 4 rings (SSSR count). The minimum absolute atomic E-state index is 0.0828. The SMILES string of the molecule is CCOc1ccc(-n2c(SCC(=O)NCCC(C)C)nc3c(-c4ccccc4)c[nH]c3c2=O)cc1.